The van der Waals surface area contributed by atoms with E-state index in [4.69, 9.17) is 16.3 Å². The van der Waals surface area contributed by atoms with Crippen molar-refractivity contribution in [1.82, 2.24) is 30.2 Å². The molecular weight excluding hydrogens is 501 g/mol. The molecule has 2 aromatic heterocycles. The third kappa shape index (κ3) is 5.33. The zero-order chi connectivity index (χ0) is 25.9. The van der Waals surface area contributed by atoms with Crippen LogP contribution in [0.5, 0.6) is 5.75 Å². The van der Waals surface area contributed by atoms with Crippen LogP contribution in [0.25, 0.3) is 11.4 Å². The number of hydrogen-bond donors (Lipinski definition) is 2. The minimum Gasteiger partial charge on any atom is -0.489 e. The number of alkyl halides is 3. The quantitative estimate of drug-likeness (QED) is 0.318. The number of nitrogens with zero attached hydrogens (tertiary/aromatic N) is 5. The van der Waals surface area contributed by atoms with Crippen LogP contribution in [-0.4, -0.2) is 41.3 Å². The molecule has 0 aliphatic carbocycles. The van der Waals surface area contributed by atoms with Crippen LogP contribution in [0, 0.1) is 0 Å². The Morgan fingerprint density at radius 1 is 1.19 bits per heavy atom. The van der Waals surface area contributed by atoms with Crippen molar-refractivity contribution in [3.05, 3.63) is 75.8 Å². The van der Waals surface area contributed by atoms with E-state index < -0.39 is 17.7 Å². The van der Waals surface area contributed by atoms with Gasteiger partial charge in [-0.2, -0.15) is 13.2 Å². The van der Waals surface area contributed by atoms with E-state index in [0.29, 0.717) is 18.0 Å². The van der Waals surface area contributed by atoms with Crippen LogP contribution in [0.2, 0.25) is 5.15 Å². The zero-order valence-corrected chi connectivity index (χ0v) is 19.6. The first-order chi connectivity index (χ1) is 17.2. The summed E-state index contributed by atoms with van der Waals surface area (Å²) in [7, 11) is 0. The summed E-state index contributed by atoms with van der Waals surface area (Å²) in [6.45, 7) is 1.89. The minimum absolute atomic E-state index is 0.0350. The first-order valence-electron chi connectivity index (χ1n) is 10.8. The fraction of sp³-hybridized carbons (Fsp3) is 0.261. The van der Waals surface area contributed by atoms with Crippen LogP contribution in [-0.2, 0) is 25.7 Å². The van der Waals surface area contributed by atoms with Gasteiger partial charge in [-0.05, 0) is 34.5 Å². The number of tetrazole rings is 1. The molecule has 0 amide bonds. The summed E-state index contributed by atoms with van der Waals surface area (Å²) in [5.41, 5.74) is -0.552. The predicted octanol–water partition coefficient (Wildman–Crippen LogP) is 5.01. The van der Waals surface area contributed by atoms with Gasteiger partial charge in [0, 0.05) is 17.5 Å². The van der Waals surface area contributed by atoms with Crippen LogP contribution in [0.15, 0.2) is 42.5 Å². The Balaban J connectivity index is 1.52. The zero-order valence-electron chi connectivity index (χ0n) is 18.9. The number of aromatic nitrogens is 6. The minimum atomic E-state index is -4.65. The standard InChI is InChI=1S/C23H20ClF3N6O3/c1-2-4-17-28-19(22(34)35)20(24)33(17)11-13-7-9-15(10-8-13)36-12-14-5-3-6-16(18(14)23(25,26)27)21-29-31-32-30-21/h3,5-10H,2,4,11-12H2,1H3,(H,34,35)(H,29,30,31,32). The Labute approximate surface area is 207 Å². The summed E-state index contributed by atoms with van der Waals surface area (Å²) in [6, 6.07) is 10.8. The van der Waals surface area contributed by atoms with E-state index in [1.54, 1.807) is 28.8 Å². The van der Waals surface area contributed by atoms with Gasteiger partial charge >= 0.3 is 12.1 Å². The smallest absolute Gasteiger partial charge is 0.417 e. The summed E-state index contributed by atoms with van der Waals surface area (Å²) >= 11 is 6.25. The van der Waals surface area contributed by atoms with E-state index in [-0.39, 0.29) is 40.9 Å². The van der Waals surface area contributed by atoms with E-state index in [2.05, 4.69) is 25.6 Å². The van der Waals surface area contributed by atoms with Gasteiger partial charge in [0.05, 0.1) is 12.1 Å². The molecule has 2 aromatic carbocycles. The predicted molar refractivity (Wildman–Crippen MR) is 123 cm³/mol. The molecule has 0 aliphatic heterocycles. The van der Waals surface area contributed by atoms with Gasteiger partial charge in [-0.1, -0.05) is 48.9 Å². The molecular formula is C23H20ClF3N6O3. The fourth-order valence-corrected chi connectivity index (χ4v) is 4.03. The highest BCUT2D eigenvalue weighted by Crippen LogP contribution is 2.38. The van der Waals surface area contributed by atoms with Gasteiger partial charge < -0.3 is 14.4 Å². The molecule has 4 aromatic rings. The number of benzene rings is 2. The molecule has 0 fully saturated rings. The number of hydrogen-bond acceptors (Lipinski definition) is 6. The Bertz CT molecular complexity index is 1350. The highest BCUT2D eigenvalue weighted by atomic mass is 35.5. The summed E-state index contributed by atoms with van der Waals surface area (Å²) in [4.78, 5) is 15.5. The second kappa shape index (κ2) is 10.4. The second-order valence-electron chi connectivity index (χ2n) is 7.83. The lowest BCUT2D eigenvalue weighted by atomic mass is 10.0. The molecule has 0 saturated carbocycles. The molecule has 0 saturated heterocycles. The third-order valence-corrected chi connectivity index (χ3v) is 5.74. The second-order valence-corrected chi connectivity index (χ2v) is 8.19. The molecule has 36 heavy (non-hydrogen) atoms. The summed E-state index contributed by atoms with van der Waals surface area (Å²) < 4.78 is 48.9. The van der Waals surface area contributed by atoms with Gasteiger partial charge in [0.2, 0.25) is 0 Å². The van der Waals surface area contributed by atoms with Gasteiger partial charge in [0.1, 0.15) is 23.3 Å². The number of aromatic carboxylic acids is 1. The highest BCUT2D eigenvalue weighted by Gasteiger charge is 2.37. The molecule has 2 N–H and O–H groups in total. The van der Waals surface area contributed by atoms with Crippen molar-refractivity contribution in [2.45, 2.75) is 39.1 Å². The van der Waals surface area contributed by atoms with Crippen molar-refractivity contribution < 1.29 is 27.8 Å². The van der Waals surface area contributed by atoms with Crippen LogP contribution >= 0.6 is 11.6 Å². The molecule has 9 nitrogen and oxygen atoms in total. The van der Waals surface area contributed by atoms with Crippen molar-refractivity contribution in [3.63, 3.8) is 0 Å². The number of imidazole rings is 1. The first kappa shape index (κ1) is 25.2. The van der Waals surface area contributed by atoms with Crippen LogP contribution in [0.4, 0.5) is 13.2 Å². The maximum absolute atomic E-state index is 13.9. The SMILES string of the molecule is CCCc1nc(C(=O)O)c(Cl)n1Cc1ccc(OCc2cccc(-c3nnn[nH]3)c2C(F)(F)F)cc1. The van der Waals surface area contributed by atoms with Gasteiger partial charge in [-0.25, -0.2) is 14.9 Å². The Kier molecular flexibility index (Phi) is 7.25. The molecule has 0 atom stereocenters. The van der Waals surface area contributed by atoms with Crippen molar-refractivity contribution in [2.75, 3.05) is 0 Å². The molecule has 13 heteroatoms. The van der Waals surface area contributed by atoms with E-state index in [9.17, 15) is 23.1 Å². The Morgan fingerprint density at radius 3 is 2.56 bits per heavy atom. The van der Waals surface area contributed by atoms with Gasteiger partial charge in [-0.15, -0.1) is 5.10 Å². The lowest BCUT2D eigenvalue weighted by Gasteiger charge is -2.17. The maximum Gasteiger partial charge on any atom is 0.417 e. The number of ether oxygens (including phenoxy) is 1. The Morgan fingerprint density at radius 2 is 1.94 bits per heavy atom. The fourth-order valence-electron chi connectivity index (χ4n) is 3.75. The van der Waals surface area contributed by atoms with Gasteiger partial charge in [0.15, 0.2) is 11.5 Å². The Hall–Kier alpha value is -3.93. The van der Waals surface area contributed by atoms with E-state index in [1.165, 1.54) is 18.2 Å². The average Bonchev–Trinajstić information content (AvgIpc) is 3.48. The van der Waals surface area contributed by atoms with Gasteiger partial charge in [-0.3, -0.25) is 0 Å². The summed E-state index contributed by atoms with van der Waals surface area (Å²) in [5.74, 6) is -0.390. The average molecular weight is 521 g/mol. The molecule has 2 heterocycles. The number of H-pyrrole nitrogens is 1. The van der Waals surface area contributed by atoms with Crippen LogP contribution in [0.3, 0.4) is 0 Å². The highest BCUT2D eigenvalue weighted by molar-refractivity contribution is 6.32. The van der Waals surface area contributed by atoms with Crippen LogP contribution in [0.1, 0.15) is 46.3 Å². The normalized spacial score (nSPS) is 11.6. The third-order valence-electron chi connectivity index (χ3n) is 5.35. The number of carboxylic acids is 1. The van der Waals surface area contributed by atoms with Gasteiger partial charge in [0.25, 0.3) is 0 Å². The monoisotopic (exact) mass is 520 g/mol. The molecule has 0 radical (unpaired) electrons. The molecule has 188 valence electrons. The number of halogens is 4. The lowest BCUT2D eigenvalue weighted by Crippen LogP contribution is -2.13. The molecule has 0 bridgehead atoms. The number of carboxylic acid groups (broad SMARTS) is 1. The number of aryl methyl sites for hydroxylation is 1. The molecule has 0 aliphatic rings. The van der Waals surface area contributed by atoms with E-state index in [1.807, 2.05) is 6.92 Å². The topological polar surface area (TPSA) is 119 Å². The molecule has 4 rings (SSSR count). The van der Waals surface area contributed by atoms with E-state index >= 15 is 0 Å². The first-order valence-corrected chi connectivity index (χ1v) is 11.2. The van der Waals surface area contributed by atoms with Crippen molar-refractivity contribution in [3.8, 4) is 17.1 Å². The summed E-state index contributed by atoms with van der Waals surface area (Å²) in [5, 5.41) is 22.0. The van der Waals surface area contributed by atoms with Crippen molar-refractivity contribution >= 4 is 17.6 Å². The van der Waals surface area contributed by atoms with Crippen molar-refractivity contribution in [2.24, 2.45) is 0 Å². The van der Waals surface area contributed by atoms with Crippen LogP contribution < -0.4 is 4.74 Å². The lowest BCUT2D eigenvalue weighted by molar-refractivity contribution is -0.138. The largest absolute Gasteiger partial charge is 0.489 e. The molecule has 0 unspecified atom stereocenters. The number of aromatic amines is 1. The number of nitrogens with one attached hydrogen (secondary N) is 1. The van der Waals surface area contributed by atoms with Crippen molar-refractivity contribution in [1.29, 1.82) is 0 Å². The number of rotatable bonds is 9. The maximum atomic E-state index is 13.9. The van der Waals surface area contributed by atoms with E-state index in [0.717, 1.165) is 12.0 Å². The molecule has 0 spiro atoms. The number of carbonyl (C=O) groups is 1. The summed E-state index contributed by atoms with van der Waals surface area (Å²) in [6.07, 6.45) is -3.34.